The first-order valence-corrected chi connectivity index (χ1v) is 11.2. The number of carbonyl (C=O) groups is 1. The van der Waals surface area contributed by atoms with Crippen molar-refractivity contribution in [2.75, 3.05) is 13.1 Å². The molecule has 2 aromatic rings. The number of aryl methyl sites for hydroxylation is 3. The second kappa shape index (κ2) is 9.18. The lowest BCUT2D eigenvalue weighted by Gasteiger charge is -2.30. The van der Waals surface area contributed by atoms with Gasteiger partial charge in [0.25, 0.3) is 5.56 Å². The highest BCUT2D eigenvalue weighted by molar-refractivity contribution is 7.18. The van der Waals surface area contributed by atoms with Gasteiger partial charge in [0.15, 0.2) is 0 Å². The van der Waals surface area contributed by atoms with E-state index in [1.807, 2.05) is 0 Å². The standard InChI is InChI=1S/C21H32N4O2S/c1-14(2)25(15(3)4)12-10-22-18(26)9-11-24-13-23-20-19(21(24)27)16-7-5-6-8-17(16)28-20/h13-15H,5-12H2,1-4H3,(H,22,26). The highest BCUT2D eigenvalue weighted by Crippen LogP contribution is 2.33. The number of rotatable bonds is 8. The van der Waals surface area contributed by atoms with E-state index in [0.29, 0.717) is 31.6 Å². The lowest BCUT2D eigenvalue weighted by atomic mass is 9.97. The lowest BCUT2D eigenvalue weighted by Crippen LogP contribution is -2.42. The van der Waals surface area contributed by atoms with Gasteiger partial charge in [-0.05, 0) is 58.9 Å². The summed E-state index contributed by atoms with van der Waals surface area (Å²) in [6, 6.07) is 0.898. The molecule has 1 aliphatic carbocycles. The highest BCUT2D eigenvalue weighted by atomic mass is 32.1. The van der Waals surface area contributed by atoms with Crippen molar-refractivity contribution in [1.82, 2.24) is 19.8 Å². The van der Waals surface area contributed by atoms with Crippen LogP contribution in [0.1, 0.15) is 57.4 Å². The molecule has 0 unspecified atom stereocenters. The Morgan fingerprint density at radius 1 is 1.25 bits per heavy atom. The molecule has 6 nitrogen and oxygen atoms in total. The summed E-state index contributed by atoms with van der Waals surface area (Å²) in [6.07, 6.45) is 6.25. The van der Waals surface area contributed by atoms with E-state index in [2.05, 4.69) is 42.9 Å². The van der Waals surface area contributed by atoms with Crippen LogP contribution in [0.5, 0.6) is 0 Å². The molecule has 0 radical (unpaired) electrons. The lowest BCUT2D eigenvalue weighted by molar-refractivity contribution is -0.121. The van der Waals surface area contributed by atoms with Crippen LogP contribution in [0.2, 0.25) is 0 Å². The fourth-order valence-corrected chi connectivity index (χ4v) is 5.31. The Kier molecular flexibility index (Phi) is 6.88. The molecular weight excluding hydrogens is 372 g/mol. The quantitative estimate of drug-likeness (QED) is 0.735. The van der Waals surface area contributed by atoms with E-state index >= 15 is 0 Å². The number of nitrogens with one attached hydrogen (secondary N) is 1. The van der Waals surface area contributed by atoms with Gasteiger partial charge in [-0.3, -0.25) is 19.1 Å². The molecule has 0 fully saturated rings. The van der Waals surface area contributed by atoms with Crippen molar-refractivity contribution in [3.8, 4) is 0 Å². The Hall–Kier alpha value is -1.73. The van der Waals surface area contributed by atoms with Gasteiger partial charge in [-0.2, -0.15) is 0 Å². The summed E-state index contributed by atoms with van der Waals surface area (Å²) >= 11 is 1.66. The van der Waals surface area contributed by atoms with Gasteiger partial charge in [-0.15, -0.1) is 11.3 Å². The molecule has 7 heteroatoms. The topological polar surface area (TPSA) is 67.2 Å². The molecule has 154 valence electrons. The number of nitrogens with zero attached hydrogens (tertiary/aromatic N) is 3. The average Bonchev–Trinajstić information content (AvgIpc) is 3.03. The maximum absolute atomic E-state index is 12.9. The molecule has 0 spiro atoms. The third-order valence-corrected chi connectivity index (χ3v) is 6.74. The molecule has 0 aromatic carbocycles. The number of fused-ring (bicyclic) bond motifs is 3. The molecular formula is C21H32N4O2S. The Morgan fingerprint density at radius 2 is 1.96 bits per heavy atom. The first kappa shape index (κ1) is 21.0. The van der Waals surface area contributed by atoms with Crippen molar-refractivity contribution in [2.45, 2.75) is 78.4 Å². The predicted octanol–water partition coefficient (Wildman–Crippen LogP) is 2.96. The summed E-state index contributed by atoms with van der Waals surface area (Å²) in [5, 5.41) is 3.76. The van der Waals surface area contributed by atoms with Gasteiger partial charge in [0.05, 0.1) is 11.7 Å². The largest absolute Gasteiger partial charge is 0.355 e. The number of hydrogen-bond acceptors (Lipinski definition) is 5. The van der Waals surface area contributed by atoms with Gasteiger partial charge in [0.1, 0.15) is 4.83 Å². The Bertz CT molecular complexity index is 876. The molecule has 0 atom stereocenters. The fourth-order valence-electron chi connectivity index (χ4n) is 4.09. The van der Waals surface area contributed by atoms with Crippen molar-refractivity contribution < 1.29 is 4.79 Å². The van der Waals surface area contributed by atoms with Crippen LogP contribution in [-0.2, 0) is 24.2 Å². The summed E-state index contributed by atoms with van der Waals surface area (Å²) in [7, 11) is 0. The number of aromatic nitrogens is 2. The summed E-state index contributed by atoms with van der Waals surface area (Å²) < 4.78 is 1.60. The van der Waals surface area contributed by atoms with Crippen LogP contribution in [0.15, 0.2) is 11.1 Å². The van der Waals surface area contributed by atoms with Crippen LogP contribution in [-0.4, -0.2) is 45.5 Å². The zero-order valence-electron chi connectivity index (χ0n) is 17.5. The van der Waals surface area contributed by atoms with Crippen molar-refractivity contribution in [2.24, 2.45) is 0 Å². The van der Waals surface area contributed by atoms with Crippen LogP contribution in [0.25, 0.3) is 10.2 Å². The minimum Gasteiger partial charge on any atom is -0.355 e. The Labute approximate surface area is 171 Å². The second-order valence-corrected chi connectivity index (χ2v) is 9.24. The van der Waals surface area contributed by atoms with Crippen molar-refractivity contribution >= 4 is 27.5 Å². The molecule has 3 rings (SSSR count). The van der Waals surface area contributed by atoms with Crippen molar-refractivity contribution in [1.29, 1.82) is 0 Å². The number of carbonyl (C=O) groups excluding carboxylic acids is 1. The molecule has 0 saturated heterocycles. The number of thiophene rings is 1. The van der Waals surface area contributed by atoms with E-state index in [4.69, 9.17) is 0 Å². The monoisotopic (exact) mass is 404 g/mol. The SMILES string of the molecule is CC(C)N(CCNC(=O)CCn1cnc2sc3c(c2c1=O)CCCC3)C(C)C. The molecule has 1 aliphatic rings. The maximum atomic E-state index is 12.9. The molecule has 2 aromatic heterocycles. The molecule has 0 aliphatic heterocycles. The molecule has 0 saturated carbocycles. The van der Waals surface area contributed by atoms with Gasteiger partial charge in [-0.25, -0.2) is 4.98 Å². The highest BCUT2D eigenvalue weighted by Gasteiger charge is 2.20. The second-order valence-electron chi connectivity index (χ2n) is 8.16. The molecule has 0 bridgehead atoms. The van der Waals surface area contributed by atoms with Gasteiger partial charge in [-0.1, -0.05) is 0 Å². The van der Waals surface area contributed by atoms with Crippen LogP contribution < -0.4 is 10.9 Å². The van der Waals surface area contributed by atoms with Crippen molar-refractivity contribution in [3.63, 3.8) is 0 Å². The van der Waals surface area contributed by atoms with E-state index < -0.39 is 0 Å². The minimum absolute atomic E-state index is 0.00277. The summed E-state index contributed by atoms with van der Waals surface area (Å²) in [5.74, 6) is -0.0215. The third-order valence-electron chi connectivity index (χ3n) is 5.54. The van der Waals surface area contributed by atoms with Crippen LogP contribution >= 0.6 is 11.3 Å². The number of amides is 1. The van der Waals surface area contributed by atoms with Crippen LogP contribution in [0.4, 0.5) is 0 Å². The molecule has 1 N–H and O–H groups in total. The van der Waals surface area contributed by atoms with E-state index in [1.54, 1.807) is 22.2 Å². The minimum atomic E-state index is -0.0215. The van der Waals surface area contributed by atoms with E-state index in [0.717, 1.165) is 36.0 Å². The van der Waals surface area contributed by atoms with E-state index in [1.165, 1.54) is 16.9 Å². The van der Waals surface area contributed by atoms with Gasteiger partial charge < -0.3 is 5.32 Å². The molecule has 2 heterocycles. The van der Waals surface area contributed by atoms with E-state index in [-0.39, 0.29) is 11.5 Å². The van der Waals surface area contributed by atoms with Crippen LogP contribution in [0.3, 0.4) is 0 Å². The Morgan fingerprint density at radius 3 is 2.68 bits per heavy atom. The fraction of sp³-hybridized carbons (Fsp3) is 0.667. The Balaban J connectivity index is 1.58. The van der Waals surface area contributed by atoms with E-state index in [9.17, 15) is 9.59 Å². The van der Waals surface area contributed by atoms with Gasteiger partial charge >= 0.3 is 0 Å². The maximum Gasteiger partial charge on any atom is 0.262 e. The van der Waals surface area contributed by atoms with Crippen molar-refractivity contribution in [3.05, 3.63) is 27.1 Å². The molecule has 1 amide bonds. The average molecular weight is 405 g/mol. The smallest absolute Gasteiger partial charge is 0.262 e. The van der Waals surface area contributed by atoms with Crippen LogP contribution in [0, 0.1) is 0 Å². The summed E-state index contributed by atoms with van der Waals surface area (Å²) in [4.78, 5) is 34.2. The summed E-state index contributed by atoms with van der Waals surface area (Å²) in [5.41, 5.74) is 1.20. The summed E-state index contributed by atoms with van der Waals surface area (Å²) in [6.45, 7) is 10.5. The normalized spacial score (nSPS) is 14.2. The third kappa shape index (κ3) is 4.63. The van der Waals surface area contributed by atoms with Gasteiger partial charge in [0.2, 0.25) is 5.91 Å². The molecule has 28 heavy (non-hydrogen) atoms. The zero-order chi connectivity index (χ0) is 20.3. The number of hydrogen-bond donors (Lipinski definition) is 1. The predicted molar refractivity (Wildman–Crippen MR) is 115 cm³/mol. The first-order valence-electron chi connectivity index (χ1n) is 10.4. The van der Waals surface area contributed by atoms with Gasteiger partial charge in [0, 0.05) is 43.0 Å². The zero-order valence-corrected chi connectivity index (χ0v) is 18.3. The first-order chi connectivity index (χ1) is 13.4.